The van der Waals surface area contributed by atoms with E-state index in [-0.39, 0.29) is 0 Å². The van der Waals surface area contributed by atoms with Crippen LogP contribution in [0, 0.1) is 17.7 Å². The number of nitrogen functional groups attached to an aromatic ring is 1. The largest absolute Gasteiger partial charge is 0.490 e. The minimum atomic E-state index is -5.84. The second-order valence-electron chi connectivity index (χ2n) is 7.10. The molecule has 2 aromatic rings. The van der Waals surface area contributed by atoms with Crippen molar-refractivity contribution in [3.8, 4) is 11.8 Å². The van der Waals surface area contributed by atoms with Crippen LogP contribution in [0.3, 0.4) is 0 Å². The number of nitrogens with one attached hydrogen (secondary N) is 1. The van der Waals surface area contributed by atoms with E-state index < -0.39 is 88.4 Å². The van der Waals surface area contributed by atoms with Crippen molar-refractivity contribution in [3.05, 3.63) is 22.4 Å². The SMILES string of the molecule is Nc1nc2c(c(F)cn2[C@@H]2O[C@H](COP(=O)(O)OP(=O)(O)OP(=O)(O)O)[C@H](O)C2(Cl)C#CCF)c(=O)[nH]1. The number of alkyl halides is 2. The Morgan fingerprint density at radius 2 is 1.92 bits per heavy atom. The van der Waals surface area contributed by atoms with Crippen LogP contribution in [0.5, 0.6) is 0 Å². The summed E-state index contributed by atoms with van der Waals surface area (Å²) in [7, 11) is -17.1. The van der Waals surface area contributed by atoms with Crippen molar-refractivity contribution in [2.45, 2.75) is 23.3 Å². The monoisotopic (exact) mass is 614 g/mol. The summed E-state index contributed by atoms with van der Waals surface area (Å²) >= 11 is 6.40. The number of fused-ring (bicyclic) bond motifs is 1. The number of ether oxygens (including phenoxy) is 1. The number of rotatable bonds is 8. The molecule has 0 aromatic carbocycles. The van der Waals surface area contributed by atoms with Gasteiger partial charge in [0.2, 0.25) is 5.95 Å². The average molecular weight is 615 g/mol. The molecule has 2 aromatic heterocycles. The van der Waals surface area contributed by atoms with E-state index in [1.54, 1.807) is 0 Å². The second kappa shape index (κ2) is 10.4. The fourth-order valence-corrected chi connectivity index (χ4v) is 6.63. The summed E-state index contributed by atoms with van der Waals surface area (Å²) < 4.78 is 79.3. The molecule has 1 saturated heterocycles. The zero-order valence-corrected chi connectivity index (χ0v) is 21.1. The van der Waals surface area contributed by atoms with Gasteiger partial charge in [0, 0.05) is 6.20 Å². The lowest BCUT2D eigenvalue weighted by Gasteiger charge is -2.25. The minimum Gasteiger partial charge on any atom is -0.387 e. The molecule has 1 aliphatic heterocycles. The average Bonchev–Trinajstić information content (AvgIpc) is 3.16. The van der Waals surface area contributed by atoms with Crippen molar-refractivity contribution >= 4 is 52.1 Å². The normalized spacial score (nSPS) is 27.4. The number of halogens is 3. The smallest absolute Gasteiger partial charge is 0.387 e. The number of aromatic amines is 1. The molecule has 3 heterocycles. The molecular formula is C14H16ClF2N4O13P3. The van der Waals surface area contributed by atoms with Crippen LogP contribution in [-0.4, -0.2) is 69.6 Å². The van der Waals surface area contributed by atoms with E-state index >= 15 is 0 Å². The van der Waals surface area contributed by atoms with Crippen LogP contribution in [0.1, 0.15) is 6.23 Å². The number of aliphatic hydroxyl groups is 1. The zero-order valence-electron chi connectivity index (χ0n) is 17.7. The van der Waals surface area contributed by atoms with Gasteiger partial charge < -0.3 is 35.2 Å². The van der Waals surface area contributed by atoms with E-state index in [0.717, 1.165) is 4.57 Å². The molecular weight excluding hydrogens is 599 g/mol. The third-order valence-electron chi connectivity index (χ3n) is 4.52. The van der Waals surface area contributed by atoms with Crippen molar-refractivity contribution in [2.75, 3.05) is 19.0 Å². The maximum absolute atomic E-state index is 14.5. The van der Waals surface area contributed by atoms with E-state index in [0.29, 0.717) is 6.20 Å². The Hall–Kier alpha value is -1.74. The Kier molecular flexibility index (Phi) is 8.41. The first-order valence-electron chi connectivity index (χ1n) is 9.32. The highest BCUT2D eigenvalue weighted by Gasteiger charge is 2.57. The number of H-pyrrole nitrogens is 1. The minimum absolute atomic E-state index is 0.434. The molecule has 8 N–H and O–H groups in total. The molecule has 0 saturated carbocycles. The quantitative estimate of drug-likeness (QED) is 0.117. The number of aliphatic hydroxyl groups excluding tert-OH is 1. The van der Waals surface area contributed by atoms with Gasteiger partial charge in [-0.05, 0) is 0 Å². The number of hydrogen-bond donors (Lipinski definition) is 7. The topological polar surface area (TPSA) is 266 Å². The van der Waals surface area contributed by atoms with Gasteiger partial charge in [-0.2, -0.15) is 13.6 Å². The van der Waals surface area contributed by atoms with Gasteiger partial charge in [0.15, 0.2) is 22.6 Å². The molecule has 0 radical (unpaired) electrons. The van der Waals surface area contributed by atoms with Crippen molar-refractivity contribution < 1.29 is 65.0 Å². The first-order valence-corrected chi connectivity index (χ1v) is 14.2. The summed E-state index contributed by atoms with van der Waals surface area (Å²) in [5.41, 5.74) is 4.07. The predicted molar refractivity (Wildman–Crippen MR) is 117 cm³/mol. The number of nitrogens with two attached hydrogens (primary N) is 1. The Morgan fingerprint density at radius 3 is 2.51 bits per heavy atom. The summed E-state index contributed by atoms with van der Waals surface area (Å²) in [4.78, 5) is 51.6. The number of phosphoric acid groups is 3. The van der Waals surface area contributed by atoms with E-state index in [9.17, 15) is 42.2 Å². The lowest BCUT2D eigenvalue weighted by Crippen LogP contribution is -2.41. The molecule has 206 valence electrons. The Morgan fingerprint density at radius 1 is 1.27 bits per heavy atom. The zero-order chi connectivity index (χ0) is 28.0. The highest BCUT2D eigenvalue weighted by Crippen LogP contribution is 2.66. The van der Waals surface area contributed by atoms with Gasteiger partial charge in [0.05, 0.1) is 6.61 Å². The number of nitrogens with zero attached hydrogens (tertiary/aromatic N) is 2. The fourth-order valence-electron chi connectivity index (χ4n) is 3.24. The molecule has 1 aliphatic rings. The van der Waals surface area contributed by atoms with Gasteiger partial charge in [-0.3, -0.25) is 18.9 Å². The molecule has 23 heteroatoms. The molecule has 17 nitrogen and oxygen atoms in total. The van der Waals surface area contributed by atoms with Crippen LogP contribution in [0.15, 0.2) is 11.0 Å². The molecule has 6 atom stereocenters. The van der Waals surface area contributed by atoms with Crippen molar-refractivity contribution in [1.82, 2.24) is 14.5 Å². The first-order chi connectivity index (χ1) is 16.9. The molecule has 1 fully saturated rings. The van der Waals surface area contributed by atoms with E-state index in [1.807, 2.05) is 5.92 Å². The van der Waals surface area contributed by atoms with Crippen molar-refractivity contribution in [1.29, 1.82) is 0 Å². The van der Waals surface area contributed by atoms with Crippen LogP contribution in [0.2, 0.25) is 0 Å². The van der Waals surface area contributed by atoms with Gasteiger partial charge in [0.1, 0.15) is 24.3 Å². The van der Waals surface area contributed by atoms with E-state index in [4.69, 9.17) is 31.9 Å². The summed E-state index contributed by atoms with van der Waals surface area (Å²) in [5, 5.41) is 10.1. The Balaban J connectivity index is 1.93. The molecule has 37 heavy (non-hydrogen) atoms. The first kappa shape index (κ1) is 29.8. The van der Waals surface area contributed by atoms with E-state index in [2.05, 4.69) is 29.0 Å². The second-order valence-corrected chi connectivity index (χ2v) is 12.1. The third kappa shape index (κ3) is 6.64. The standard InChI is InChI=1S/C14H16ClF2N4O13P3/c15-14(2-1-3-16)9(22)7(5-31-36(27,28)34-37(29,30)33-35(24,25)26)32-12(14)21-4-6(17)8-10(21)19-13(18)20-11(8)23/h4,7,9,12,22H,3,5H2,(H,27,28)(H,29,30)(H2,24,25,26)(H3,18,19,20,23)/t7-,9+,12-,14?/m1/s1. The third-order valence-corrected chi connectivity index (χ3v) is 8.82. The number of anilines is 1. The summed E-state index contributed by atoms with van der Waals surface area (Å²) in [6.45, 7) is -2.43. The van der Waals surface area contributed by atoms with Gasteiger partial charge in [-0.1, -0.05) is 23.4 Å². The lowest BCUT2D eigenvalue weighted by molar-refractivity contribution is -0.0427. The molecule has 3 rings (SSSR count). The molecule has 0 amide bonds. The summed E-state index contributed by atoms with van der Waals surface area (Å²) in [5.74, 6) is 2.54. The predicted octanol–water partition coefficient (Wildman–Crippen LogP) is -0.00200. The van der Waals surface area contributed by atoms with Crippen LogP contribution in [0.25, 0.3) is 11.0 Å². The van der Waals surface area contributed by atoms with E-state index in [1.165, 1.54) is 0 Å². The molecule has 0 aliphatic carbocycles. The van der Waals surface area contributed by atoms with Crippen LogP contribution in [0.4, 0.5) is 14.7 Å². The molecule has 0 spiro atoms. The Bertz CT molecular complexity index is 1470. The number of aromatic nitrogens is 3. The molecule has 3 unspecified atom stereocenters. The van der Waals surface area contributed by atoms with Crippen molar-refractivity contribution in [3.63, 3.8) is 0 Å². The number of phosphoric ester groups is 1. The maximum atomic E-state index is 14.5. The number of hydrogen-bond acceptors (Lipinski definition) is 11. The van der Waals surface area contributed by atoms with Crippen LogP contribution in [-0.2, 0) is 31.6 Å². The lowest BCUT2D eigenvalue weighted by atomic mass is 9.99. The highest BCUT2D eigenvalue weighted by molar-refractivity contribution is 7.66. The van der Waals surface area contributed by atoms with Crippen LogP contribution < -0.4 is 11.3 Å². The van der Waals surface area contributed by atoms with Gasteiger partial charge >= 0.3 is 23.5 Å². The van der Waals surface area contributed by atoms with Gasteiger partial charge in [0.25, 0.3) is 5.56 Å². The summed E-state index contributed by atoms with van der Waals surface area (Å²) in [6.07, 6.45) is -4.85. The van der Waals surface area contributed by atoms with Crippen LogP contribution >= 0.6 is 35.1 Å². The van der Waals surface area contributed by atoms with Gasteiger partial charge in [-0.25, -0.2) is 22.5 Å². The fraction of sp³-hybridized carbons (Fsp3) is 0.429. The summed E-state index contributed by atoms with van der Waals surface area (Å²) in [6, 6.07) is 0. The van der Waals surface area contributed by atoms with Gasteiger partial charge in [-0.15, -0.1) is 0 Å². The highest BCUT2D eigenvalue weighted by atomic mass is 35.5. The molecule has 0 bridgehead atoms. The van der Waals surface area contributed by atoms with Crippen molar-refractivity contribution in [2.24, 2.45) is 0 Å². The maximum Gasteiger partial charge on any atom is 0.490 e. The Labute approximate surface area is 208 Å².